The van der Waals surface area contributed by atoms with Crippen molar-refractivity contribution in [2.45, 2.75) is 32.0 Å². The van der Waals surface area contributed by atoms with E-state index in [1.807, 2.05) is 11.8 Å². The average molecular weight is 302 g/mol. The maximum atomic E-state index is 12.7. The summed E-state index contributed by atoms with van der Waals surface area (Å²) < 4.78 is 43.3. The van der Waals surface area contributed by atoms with E-state index < -0.39 is 11.7 Å². The van der Waals surface area contributed by atoms with Gasteiger partial charge in [0.25, 0.3) is 0 Å². The van der Waals surface area contributed by atoms with Gasteiger partial charge in [-0.3, -0.25) is 4.79 Å². The lowest BCUT2D eigenvalue weighted by Gasteiger charge is -2.35. The predicted molar refractivity (Wildman–Crippen MR) is 71.5 cm³/mol. The van der Waals surface area contributed by atoms with Gasteiger partial charge >= 0.3 is 6.18 Å². The molecule has 2 heterocycles. The summed E-state index contributed by atoms with van der Waals surface area (Å²) in [7, 11) is 0. The molecule has 0 aliphatic carbocycles. The van der Waals surface area contributed by atoms with Crippen molar-refractivity contribution in [2.75, 3.05) is 24.7 Å². The smallest absolute Gasteiger partial charge is 0.381 e. The molecule has 21 heavy (non-hydrogen) atoms. The highest BCUT2D eigenvalue weighted by Crippen LogP contribution is 2.32. The zero-order valence-electron chi connectivity index (χ0n) is 11.7. The van der Waals surface area contributed by atoms with E-state index >= 15 is 0 Å². The van der Waals surface area contributed by atoms with Gasteiger partial charge in [0.05, 0.1) is 11.1 Å². The van der Waals surface area contributed by atoms with E-state index in [1.165, 1.54) is 0 Å². The number of ether oxygens (including phenoxy) is 1. The summed E-state index contributed by atoms with van der Waals surface area (Å²) in [6.45, 7) is 3.68. The van der Waals surface area contributed by atoms with Crippen LogP contribution in [-0.2, 0) is 10.9 Å². The van der Waals surface area contributed by atoms with Crippen LogP contribution in [0.15, 0.2) is 12.3 Å². The highest BCUT2D eigenvalue weighted by molar-refractivity contribution is 5.83. The van der Waals surface area contributed by atoms with Crippen LogP contribution in [0.4, 0.5) is 19.0 Å². The number of carbonyl (C=O) groups is 1. The van der Waals surface area contributed by atoms with E-state index in [1.54, 1.807) is 0 Å². The van der Waals surface area contributed by atoms with Crippen LogP contribution in [0.25, 0.3) is 0 Å². The Kier molecular flexibility index (Phi) is 4.82. The third kappa shape index (κ3) is 3.53. The van der Waals surface area contributed by atoms with Gasteiger partial charge in [-0.1, -0.05) is 0 Å². The van der Waals surface area contributed by atoms with Crippen LogP contribution in [0.2, 0.25) is 0 Å². The molecule has 0 aromatic carbocycles. The molecule has 0 N–H and O–H groups in total. The van der Waals surface area contributed by atoms with E-state index in [9.17, 15) is 18.0 Å². The van der Waals surface area contributed by atoms with Crippen molar-refractivity contribution in [1.82, 2.24) is 4.98 Å². The maximum absolute atomic E-state index is 12.7. The number of hydrogen-bond acceptors (Lipinski definition) is 4. The van der Waals surface area contributed by atoms with Crippen LogP contribution in [0.1, 0.15) is 35.7 Å². The van der Waals surface area contributed by atoms with Crippen LogP contribution < -0.4 is 4.90 Å². The summed E-state index contributed by atoms with van der Waals surface area (Å²) in [5.74, 6) is 0.312. The minimum atomic E-state index is -4.50. The number of aromatic nitrogens is 1. The fourth-order valence-electron chi connectivity index (χ4n) is 2.53. The Balaban J connectivity index is 2.34. The van der Waals surface area contributed by atoms with Crippen LogP contribution >= 0.6 is 0 Å². The fraction of sp³-hybridized carbons (Fsp3) is 0.571. The van der Waals surface area contributed by atoms with Gasteiger partial charge in [0, 0.05) is 32.0 Å². The number of pyridine rings is 1. The summed E-state index contributed by atoms with van der Waals surface area (Å²) in [6, 6.07) is 0.990. The summed E-state index contributed by atoms with van der Waals surface area (Å²) in [5.41, 5.74) is -0.936. The number of rotatable bonds is 4. The highest BCUT2D eigenvalue weighted by atomic mass is 19.4. The molecule has 0 atom stereocenters. The zero-order chi connectivity index (χ0) is 15.5. The molecule has 1 aliphatic rings. The lowest BCUT2D eigenvalue weighted by molar-refractivity contribution is -0.137. The Hall–Kier alpha value is -1.63. The Morgan fingerprint density at radius 3 is 2.62 bits per heavy atom. The SMILES string of the molecule is CCN(c1ncc(C(F)(F)F)cc1C=O)C1CCOCC1. The minimum absolute atomic E-state index is 0.0295. The molecule has 0 amide bonds. The van der Waals surface area contributed by atoms with E-state index in [4.69, 9.17) is 4.74 Å². The number of hydrogen-bond donors (Lipinski definition) is 0. The fourth-order valence-corrected chi connectivity index (χ4v) is 2.53. The maximum Gasteiger partial charge on any atom is 0.417 e. The molecule has 4 nitrogen and oxygen atoms in total. The third-order valence-electron chi connectivity index (χ3n) is 3.59. The monoisotopic (exact) mass is 302 g/mol. The van der Waals surface area contributed by atoms with Crippen molar-refractivity contribution >= 4 is 12.1 Å². The second-order valence-corrected chi connectivity index (χ2v) is 4.88. The minimum Gasteiger partial charge on any atom is -0.381 e. The Labute approximate surface area is 120 Å². The van der Waals surface area contributed by atoms with Crippen LogP contribution in [0.3, 0.4) is 0 Å². The number of carbonyl (C=O) groups excluding carboxylic acids is 1. The van der Waals surface area contributed by atoms with Gasteiger partial charge in [0.15, 0.2) is 6.29 Å². The van der Waals surface area contributed by atoms with Gasteiger partial charge in [0.2, 0.25) is 0 Å². The Bertz CT molecular complexity index is 499. The number of nitrogens with zero attached hydrogens (tertiary/aromatic N) is 2. The Morgan fingerprint density at radius 2 is 2.10 bits per heavy atom. The van der Waals surface area contributed by atoms with Crippen molar-refractivity contribution in [3.63, 3.8) is 0 Å². The molecule has 1 aromatic rings. The molecule has 0 unspecified atom stereocenters. The number of alkyl halides is 3. The highest BCUT2D eigenvalue weighted by Gasteiger charge is 2.32. The first kappa shape index (κ1) is 15.8. The van der Waals surface area contributed by atoms with Crippen LogP contribution in [0, 0.1) is 0 Å². The second kappa shape index (κ2) is 6.43. The first-order chi connectivity index (χ1) is 9.97. The van der Waals surface area contributed by atoms with E-state index in [2.05, 4.69) is 4.98 Å². The van der Waals surface area contributed by atoms with Crippen molar-refractivity contribution in [2.24, 2.45) is 0 Å². The lowest BCUT2D eigenvalue weighted by Crippen LogP contribution is -2.40. The quantitative estimate of drug-likeness (QED) is 0.802. The molecule has 0 radical (unpaired) electrons. The molecule has 2 rings (SSSR count). The normalized spacial score (nSPS) is 16.8. The number of halogens is 3. The summed E-state index contributed by atoms with van der Waals surface area (Å²) in [5, 5.41) is 0. The third-order valence-corrected chi connectivity index (χ3v) is 3.59. The molecule has 0 saturated carbocycles. The molecule has 0 spiro atoms. The molecule has 1 aliphatic heterocycles. The van der Waals surface area contributed by atoms with Crippen molar-refractivity contribution in [3.8, 4) is 0 Å². The van der Waals surface area contributed by atoms with Gasteiger partial charge in [-0.05, 0) is 25.8 Å². The predicted octanol–water partition coefficient (Wildman–Crippen LogP) is 2.92. The molecular weight excluding hydrogens is 285 g/mol. The molecule has 116 valence electrons. The van der Waals surface area contributed by atoms with E-state index in [-0.39, 0.29) is 11.6 Å². The molecule has 7 heteroatoms. The van der Waals surface area contributed by atoms with Gasteiger partial charge in [-0.15, -0.1) is 0 Å². The van der Waals surface area contributed by atoms with Crippen molar-refractivity contribution in [3.05, 3.63) is 23.4 Å². The molecular formula is C14H17F3N2O2. The Morgan fingerprint density at radius 1 is 1.43 bits per heavy atom. The molecule has 1 saturated heterocycles. The zero-order valence-corrected chi connectivity index (χ0v) is 11.7. The second-order valence-electron chi connectivity index (χ2n) is 4.88. The van der Waals surface area contributed by atoms with Crippen molar-refractivity contribution in [1.29, 1.82) is 0 Å². The van der Waals surface area contributed by atoms with E-state index in [0.717, 1.165) is 25.1 Å². The van der Waals surface area contributed by atoms with Crippen LogP contribution in [0.5, 0.6) is 0 Å². The van der Waals surface area contributed by atoms with Gasteiger partial charge < -0.3 is 9.64 Å². The van der Waals surface area contributed by atoms with Crippen LogP contribution in [-0.4, -0.2) is 37.1 Å². The topological polar surface area (TPSA) is 42.4 Å². The first-order valence-electron chi connectivity index (χ1n) is 6.84. The molecule has 1 aromatic heterocycles. The summed E-state index contributed by atoms with van der Waals surface area (Å²) in [6.07, 6.45) is -1.74. The van der Waals surface area contributed by atoms with Gasteiger partial charge in [0.1, 0.15) is 5.82 Å². The molecule has 1 fully saturated rings. The number of anilines is 1. The average Bonchev–Trinajstić information content (AvgIpc) is 2.48. The van der Waals surface area contributed by atoms with Crippen molar-refractivity contribution < 1.29 is 22.7 Å². The standard InChI is InChI=1S/C14H17F3N2O2/c1-2-19(12-3-5-21-6-4-12)13-10(9-20)7-11(8-18-13)14(15,16)17/h7-9,12H,2-6H2,1H3. The van der Waals surface area contributed by atoms with Gasteiger partial charge in [-0.2, -0.15) is 13.2 Å². The van der Waals surface area contributed by atoms with E-state index in [0.29, 0.717) is 31.9 Å². The van der Waals surface area contributed by atoms with Gasteiger partial charge in [-0.25, -0.2) is 4.98 Å². The number of aldehydes is 1. The first-order valence-corrected chi connectivity index (χ1v) is 6.84. The summed E-state index contributed by atoms with van der Waals surface area (Å²) in [4.78, 5) is 16.9. The summed E-state index contributed by atoms with van der Waals surface area (Å²) >= 11 is 0. The lowest BCUT2D eigenvalue weighted by atomic mass is 10.1. The largest absolute Gasteiger partial charge is 0.417 e. The molecule has 0 bridgehead atoms.